The van der Waals surface area contributed by atoms with Gasteiger partial charge in [0.2, 0.25) is 0 Å². The summed E-state index contributed by atoms with van der Waals surface area (Å²) >= 11 is 0. The van der Waals surface area contributed by atoms with Gasteiger partial charge in [-0.3, -0.25) is 0 Å². The number of aryl methyl sites for hydroxylation is 2. The third kappa shape index (κ3) is 2.71. The van der Waals surface area contributed by atoms with Gasteiger partial charge in [0, 0.05) is 6.04 Å². The topological polar surface area (TPSA) is 12.0 Å². The quantitative estimate of drug-likeness (QED) is 0.758. The van der Waals surface area contributed by atoms with E-state index in [4.69, 9.17) is 0 Å². The smallest absolute Gasteiger partial charge is 0.0326 e. The zero-order valence-corrected chi connectivity index (χ0v) is 10.8. The molecule has 1 aromatic rings. The van der Waals surface area contributed by atoms with Gasteiger partial charge in [-0.15, -0.1) is 0 Å². The molecule has 92 valence electrons. The van der Waals surface area contributed by atoms with Gasteiger partial charge in [-0.1, -0.05) is 36.6 Å². The normalized spacial score (nSPS) is 22.8. The van der Waals surface area contributed by atoms with Crippen molar-refractivity contribution in [3.63, 3.8) is 0 Å². The number of hydrogen-bond acceptors (Lipinski definition) is 1. The van der Waals surface area contributed by atoms with Crippen LogP contribution >= 0.6 is 0 Å². The Bertz CT molecular complexity index is 393. The van der Waals surface area contributed by atoms with Gasteiger partial charge in [0.15, 0.2) is 0 Å². The molecular formula is C16H23N. The predicted octanol–water partition coefficient (Wildman–Crippen LogP) is 3.76. The van der Waals surface area contributed by atoms with Crippen LogP contribution in [0.15, 0.2) is 18.2 Å². The highest BCUT2D eigenvalue weighted by atomic mass is 14.9. The highest BCUT2D eigenvalue weighted by molar-refractivity contribution is 5.37. The summed E-state index contributed by atoms with van der Waals surface area (Å²) in [6.07, 6.45) is 8.34. The lowest BCUT2D eigenvalue weighted by Crippen LogP contribution is -2.20. The molecule has 3 rings (SSSR count). The lowest BCUT2D eigenvalue weighted by molar-refractivity contribution is 0.503. The molecule has 0 spiro atoms. The Hall–Kier alpha value is -0.820. The van der Waals surface area contributed by atoms with Crippen LogP contribution in [0.25, 0.3) is 0 Å². The Morgan fingerprint density at radius 1 is 1.24 bits per heavy atom. The molecule has 0 radical (unpaired) electrons. The average molecular weight is 229 g/mol. The van der Waals surface area contributed by atoms with Crippen molar-refractivity contribution in [2.75, 3.05) is 6.54 Å². The van der Waals surface area contributed by atoms with Crippen LogP contribution in [0.1, 0.15) is 54.8 Å². The van der Waals surface area contributed by atoms with Gasteiger partial charge in [0.05, 0.1) is 0 Å². The summed E-state index contributed by atoms with van der Waals surface area (Å²) in [5, 5.41) is 3.75. The van der Waals surface area contributed by atoms with E-state index in [-0.39, 0.29) is 0 Å². The fraction of sp³-hybridized carbons (Fsp3) is 0.625. The second-order valence-electron chi connectivity index (χ2n) is 5.83. The summed E-state index contributed by atoms with van der Waals surface area (Å²) in [6, 6.07) is 7.57. The van der Waals surface area contributed by atoms with Crippen LogP contribution in [0, 0.1) is 12.8 Å². The first-order valence-corrected chi connectivity index (χ1v) is 7.16. The van der Waals surface area contributed by atoms with E-state index in [2.05, 4.69) is 30.4 Å². The molecule has 0 aromatic heterocycles. The maximum absolute atomic E-state index is 3.75. The summed E-state index contributed by atoms with van der Waals surface area (Å²) in [4.78, 5) is 0. The number of hydrogen-bond donors (Lipinski definition) is 1. The van der Waals surface area contributed by atoms with Crippen LogP contribution in [0.3, 0.4) is 0 Å². The fourth-order valence-corrected chi connectivity index (χ4v) is 3.01. The van der Waals surface area contributed by atoms with Crippen LogP contribution in [0.4, 0.5) is 0 Å². The van der Waals surface area contributed by atoms with E-state index in [0.29, 0.717) is 6.04 Å². The monoisotopic (exact) mass is 229 g/mol. The van der Waals surface area contributed by atoms with E-state index < -0.39 is 0 Å². The standard InChI is InChI=1S/C16H23N/c1-12-4-7-14-8-9-16(15(14)11-12)17-10-2-3-13-5-6-13/h4,7,11,13,16-17H,2-3,5-6,8-10H2,1H3. The summed E-state index contributed by atoms with van der Waals surface area (Å²) in [7, 11) is 0. The Morgan fingerprint density at radius 2 is 2.12 bits per heavy atom. The van der Waals surface area contributed by atoms with E-state index in [1.807, 2.05) is 0 Å². The van der Waals surface area contributed by atoms with E-state index in [0.717, 1.165) is 5.92 Å². The molecule has 0 saturated heterocycles. The lowest BCUT2D eigenvalue weighted by atomic mass is 10.0. The summed E-state index contributed by atoms with van der Waals surface area (Å²) in [6.45, 7) is 3.40. The first kappa shape index (κ1) is 11.3. The maximum Gasteiger partial charge on any atom is 0.0326 e. The molecule has 0 bridgehead atoms. The summed E-state index contributed by atoms with van der Waals surface area (Å²) in [5.74, 6) is 1.08. The Balaban J connectivity index is 1.53. The molecule has 1 nitrogen and oxygen atoms in total. The number of benzene rings is 1. The zero-order valence-electron chi connectivity index (χ0n) is 10.8. The Labute approximate surface area is 105 Å². The van der Waals surface area contributed by atoms with Gasteiger partial charge < -0.3 is 5.32 Å². The lowest BCUT2D eigenvalue weighted by Gasteiger charge is -2.14. The van der Waals surface area contributed by atoms with Crippen molar-refractivity contribution in [3.8, 4) is 0 Å². The molecule has 0 amide bonds. The molecular weight excluding hydrogens is 206 g/mol. The Kier molecular flexibility index (Phi) is 3.19. The van der Waals surface area contributed by atoms with Gasteiger partial charge in [0.25, 0.3) is 0 Å². The molecule has 2 aliphatic rings. The second kappa shape index (κ2) is 4.81. The van der Waals surface area contributed by atoms with Crippen molar-refractivity contribution in [2.45, 2.75) is 51.5 Å². The van der Waals surface area contributed by atoms with Crippen molar-refractivity contribution in [2.24, 2.45) is 5.92 Å². The van der Waals surface area contributed by atoms with Gasteiger partial charge >= 0.3 is 0 Å². The third-order valence-electron chi connectivity index (χ3n) is 4.26. The Morgan fingerprint density at radius 3 is 2.94 bits per heavy atom. The molecule has 1 unspecified atom stereocenters. The van der Waals surface area contributed by atoms with Crippen LogP contribution in [-0.2, 0) is 6.42 Å². The van der Waals surface area contributed by atoms with E-state index in [1.165, 1.54) is 50.6 Å². The zero-order chi connectivity index (χ0) is 11.7. The summed E-state index contributed by atoms with van der Waals surface area (Å²) in [5.41, 5.74) is 4.53. The molecule has 1 fully saturated rings. The molecule has 1 atom stereocenters. The van der Waals surface area contributed by atoms with Gasteiger partial charge in [0.1, 0.15) is 0 Å². The minimum Gasteiger partial charge on any atom is -0.310 e. The molecule has 2 aliphatic carbocycles. The molecule has 1 heteroatoms. The van der Waals surface area contributed by atoms with Gasteiger partial charge in [-0.05, 0) is 56.2 Å². The minimum absolute atomic E-state index is 0.629. The number of nitrogens with one attached hydrogen (secondary N) is 1. The molecule has 1 N–H and O–H groups in total. The maximum atomic E-state index is 3.75. The van der Waals surface area contributed by atoms with Crippen LogP contribution in [0.2, 0.25) is 0 Å². The average Bonchev–Trinajstić information content (AvgIpc) is 3.07. The van der Waals surface area contributed by atoms with E-state index >= 15 is 0 Å². The van der Waals surface area contributed by atoms with Crippen molar-refractivity contribution in [1.82, 2.24) is 5.32 Å². The van der Waals surface area contributed by atoms with E-state index in [9.17, 15) is 0 Å². The number of fused-ring (bicyclic) bond motifs is 1. The molecule has 0 aliphatic heterocycles. The molecule has 1 saturated carbocycles. The van der Waals surface area contributed by atoms with Crippen LogP contribution in [-0.4, -0.2) is 6.54 Å². The van der Waals surface area contributed by atoms with Crippen molar-refractivity contribution >= 4 is 0 Å². The van der Waals surface area contributed by atoms with Crippen LogP contribution < -0.4 is 5.32 Å². The molecule has 1 aromatic carbocycles. The molecule has 0 heterocycles. The van der Waals surface area contributed by atoms with Gasteiger partial charge in [-0.2, -0.15) is 0 Å². The first-order valence-electron chi connectivity index (χ1n) is 7.16. The SMILES string of the molecule is Cc1ccc2c(c1)C(NCCCC1CC1)CC2. The highest BCUT2D eigenvalue weighted by Crippen LogP contribution is 2.34. The summed E-state index contributed by atoms with van der Waals surface area (Å²) < 4.78 is 0. The highest BCUT2D eigenvalue weighted by Gasteiger charge is 2.23. The van der Waals surface area contributed by atoms with Crippen LogP contribution in [0.5, 0.6) is 0 Å². The van der Waals surface area contributed by atoms with Crippen molar-refractivity contribution in [1.29, 1.82) is 0 Å². The van der Waals surface area contributed by atoms with Crippen molar-refractivity contribution in [3.05, 3.63) is 34.9 Å². The van der Waals surface area contributed by atoms with Crippen molar-refractivity contribution < 1.29 is 0 Å². The minimum atomic E-state index is 0.629. The molecule has 17 heavy (non-hydrogen) atoms. The number of rotatable bonds is 5. The largest absolute Gasteiger partial charge is 0.310 e. The predicted molar refractivity (Wildman–Crippen MR) is 72.2 cm³/mol. The first-order chi connectivity index (χ1) is 8.33. The fourth-order valence-electron chi connectivity index (χ4n) is 3.01. The van der Waals surface area contributed by atoms with E-state index in [1.54, 1.807) is 11.1 Å². The second-order valence-corrected chi connectivity index (χ2v) is 5.83. The third-order valence-corrected chi connectivity index (χ3v) is 4.26. The van der Waals surface area contributed by atoms with Gasteiger partial charge in [-0.25, -0.2) is 0 Å².